The lowest BCUT2D eigenvalue weighted by molar-refractivity contribution is 0.0922. The van der Waals surface area contributed by atoms with Crippen molar-refractivity contribution in [2.75, 3.05) is 13.2 Å². The minimum atomic E-state index is -0.330. The monoisotopic (exact) mass is 229 g/mol. The standard InChI is InChI=1S/C11H13ClFNO/c12-9-3-8(4-10(13)5-9)11-7(6-14)1-2-15-11/h3-5,7,11H,1-2,6,14H2. The fraction of sp³-hybridized carbons (Fsp3) is 0.455. The molecule has 1 aliphatic heterocycles. The van der Waals surface area contributed by atoms with Gasteiger partial charge in [0.1, 0.15) is 5.82 Å². The van der Waals surface area contributed by atoms with Crippen LogP contribution in [0.4, 0.5) is 4.39 Å². The summed E-state index contributed by atoms with van der Waals surface area (Å²) in [5.74, 6) is -0.0633. The maximum absolute atomic E-state index is 13.1. The van der Waals surface area contributed by atoms with Crippen molar-refractivity contribution >= 4 is 11.6 Å². The molecule has 2 nitrogen and oxygen atoms in total. The molecule has 0 bridgehead atoms. The van der Waals surface area contributed by atoms with Gasteiger partial charge in [-0.25, -0.2) is 4.39 Å². The number of halogens is 2. The molecule has 2 rings (SSSR count). The quantitative estimate of drug-likeness (QED) is 0.846. The van der Waals surface area contributed by atoms with E-state index in [1.165, 1.54) is 12.1 Å². The fourth-order valence-electron chi connectivity index (χ4n) is 1.98. The summed E-state index contributed by atoms with van der Waals surface area (Å²) in [7, 11) is 0. The number of hydrogen-bond acceptors (Lipinski definition) is 2. The minimum Gasteiger partial charge on any atom is -0.373 e. The van der Waals surface area contributed by atoms with Crippen LogP contribution in [0, 0.1) is 11.7 Å². The van der Waals surface area contributed by atoms with E-state index < -0.39 is 0 Å². The molecule has 4 heteroatoms. The van der Waals surface area contributed by atoms with E-state index in [0.717, 1.165) is 12.0 Å². The molecule has 1 aliphatic rings. The van der Waals surface area contributed by atoms with Crippen LogP contribution in [0.15, 0.2) is 18.2 Å². The van der Waals surface area contributed by atoms with Crippen LogP contribution in [0.25, 0.3) is 0 Å². The average molecular weight is 230 g/mol. The van der Waals surface area contributed by atoms with Gasteiger partial charge in [0, 0.05) is 17.5 Å². The summed E-state index contributed by atoms with van der Waals surface area (Å²) in [5.41, 5.74) is 6.42. The van der Waals surface area contributed by atoms with E-state index in [9.17, 15) is 4.39 Å². The molecule has 1 heterocycles. The maximum Gasteiger partial charge on any atom is 0.125 e. The minimum absolute atomic E-state index is 0.108. The number of hydrogen-bond donors (Lipinski definition) is 1. The van der Waals surface area contributed by atoms with Gasteiger partial charge in [-0.2, -0.15) is 0 Å². The fourth-order valence-corrected chi connectivity index (χ4v) is 2.21. The van der Waals surface area contributed by atoms with Crippen molar-refractivity contribution in [2.45, 2.75) is 12.5 Å². The second-order valence-electron chi connectivity index (χ2n) is 3.78. The molecule has 0 aromatic heterocycles. The van der Waals surface area contributed by atoms with Crippen LogP contribution in [-0.2, 0) is 4.74 Å². The molecule has 82 valence electrons. The number of nitrogens with two attached hydrogens (primary N) is 1. The Bertz CT molecular complexity index is 338. The molecule has 0 saturated carbocycles. The van der Waals surface area contributed by atoms with Crippen molar-refractivity contribution in [1.82, 2.24) is 0 Å². The van der Waals surface area contributed by atoms with Crippen molar-refractivity contribution < 1.29 is 9.13 Å². The molecule has 2 unspecified atom stereocenters. The Balaban J connectivity index is 2.28. The first-order chi connectivity index (χ1) is 7.20. The summed E-state index contributed by atoms with van der Waals surface area (Å²) < 4.78 is 18.7. The van der Waals surface area contributed by atoms with Crippen LogP contribution in [0.2, 0.25) is 5.02 Å². The van der Waals surface area contributed by atoms with Crippen molar-refractivity contribution in [3.8, 4) is 0 Å². The van der Waals surface area contributed by atoms with Gasteiger partial charge in [0.2, 0.25) is 0 Å². The third kappa shape index (κ3) is 2.30. The Morgan fingerprint density at radius 3 is 2.93 bits per heavy atom. The van der Waals surface area contributed by atoms with E-state index in [2.05, 4.69) is 0 Å². The predicted molar refractivity (Wildman–Crippen MR) is 57.3 cm³/mol. The van der Waals surface area contributed by atoms with Crippen LogP contribution in [0.5, 0.6) is 0 Å². The molecule has 0 amide bonds. The third-order valence-corrected chi connectivity index (χ3v) is 2.95. The Morgan fingerprint density at radius 2 is 2.27 bits per heavy atom. The maximum atomic E-state index is 13.1. The normalized spacial score (nSPS) is 25.8. The molecule has 15 heavy (non-hydrogen) atoms. The Labute approximate surface area is 93.2 Å². The highest BCUT2D eigenvalue weighted by atomic mass is 35.5. The van der Waals surface area contributed by atoms with Crippen LogP contribution in [0.1, 0.15) is 18.1 Å². The number of ether oxygens (including phenoxy) is 1. The second kappa shape index (κ2) is 4.47. The van der Waals surface area contributed by atoms with E-state index in [4.69, 9.17) is 22.1 Å². The average Bonchev–Trinajstić information content (AvgIpc) is 2.63. The Kier molecular flexibility index (Phi) is 3.24. The number of rotatable bonds is 2. The van der Waals surface area contributed by atoms with Crippen LogP contribution < -0.4 is 5.73 Å². The first-order valence-electron chi connectivity index (χ1n) is 4.98. The van der Waals surface area contributed by atoms with Gasteiger partial charge in [-0.3, -0.25) is 0 Å². The highest BCUT2D eigenvalue weighted by Crippen LogP contribution is 2.35. The van der Waals surface area contributed by atoms with Crippen molar-refractivity contribution in [3.05, 3.63) is 34.6 Å². The zero-order valence-corrected chi connectivity index (χ0v) is 9.01. The summed E-state index contributed by atoms with van der Waals surface area (Å²) in [6.45, 7) is 1.24. The van der Waals surface area contributed by atoms with Crippen LogP contribution >= 0.6 is 11.6 Å². The Morgan fingerprint density at radius 1 is 1.47 bits per heavy atom. The molecular formula is C11H13ClFNO. The third-order valence-electron chi connectivity index (χ3n) is 2.73. The lowest BCUT2D eigenvalue weighted by Crippen LogP contribution is -2.17. The van der Waals surface area contributed by atoms with Crippen molar-refractivity contribution in [1.29, 1.82) is 0 Å². The van der Waals surface area contributed by atoms with Gasteiger partial charge in [0.05, 0.1) is 6.10 Å². The largest absolute Gasteiger partial charge is 0.373 e. The predicted octanol–water partition coefficient (Wildman–Crippen LogP) is 2.52. The molecule has 1 aromatic rings. The highest BCUT2D eigenvalue weighted by Gasteiger charge is 2.28. The highest BCUT2D eigenvalue weighted by molar-refractivity contribution is 6.30. The van der Waals surface area contributed by atoms with Crippen molar-refractivity contribution in [3.63, 3.8) is 0 Å². The molecule has 2 atom stereocenters. The molecule has 1 fully saturated rings. The summed E-state index contributed by atoms with van der Waals surface area (Å²) in [6, 6.07) is 4.49. The number of benzene rings is 1. The van der Waals surface area contributed by atoms with E-state index in [-0.39, 0.29) is 17.8 Å². The second-order valence-corrected chi connectivity index (χ2v) is 4.22. The van der Waals surface area contributed by atoms with Crippen molar-refractivity contribution in [2.24, 2.45) is 11.7 Å². The summed E-state index contributed by atoms with van der Waals surface area (Å²) in [5, 5.41) is 0.399. The topological polar surface area (TPSA) is 35.2 Å². The van der Waals surface area contributed by atoms with Gasteiger partial charge >= 0.3 is 0 Å². The Hall–Kier alpha value is -0.640. The summed E-state index contributed by atoms with van der Waals surface area (Å²) in [4.78, 5) is 0. The molecule has 2 N–H and O–H groups in total. The van der Waals surface area contributed by atoms with Crippen LogP contribution in [-0.4, -0.2) is 13.2 Å². The van der Waals surface area contributed by atoms with Gasteiger partial charge in [-0.1, -0.05) is 11.6 Å². The van der Waals surface area contributed by atoms with E-state index in [0.29, 0.717) is 18.2 Å². The first kappa shape index (κ1) is 10.9. The molecule has 0 aliphatic carbocycles. The van der Waals surface area contributed by atoms with Gasteiger partial charge in [0.25, 0.3) is 0 Å². The molecule has 1 aromatic carbocycles. The van der Waals surface area contributed by atoms with E-state index in [1.807, 2.05) is 0 Å². The zero-order chi connectivity index (χ0) is 10.8. The molecule has 0 spiro atoms. The summed E-state index contributed by atoms with van der Waals surface area (Å²) in [6.07, 6.45) is 0.818. The lowest BCUT2D eigenvalue weighted by Gasteiger charge is -2.17. The molecule has 0 radical (unpaired) electrons. The van der Waals surface area contributed by atoms with Gasteiger partial charge in [0.15, 0.2) is 0 Å². The first-order valence-corrected chi connectivity index (χ1v) is 5.36. The van der Waals surface area contributed by atoms with Gasteiger partial charge in [-0.05, 0) is 36.7 Å². The molecular weight excluding hydrogens is 217 g/mol. The van der Waals surface area contributed by atoms with Gasteiger partial charge < -0.3 is 10.5 Å². The van der Waals surface area contributed by atoms with E-state index >= 15 is 0 Å². The van der Waals surface area contributed by atoms with Gasteiger partial charge in [-0.15, -0.1) is 0 Å². The summed E-state index contributed by atoms with van der Waals surface area (Å²) >= 11 is 5.79. The zero-order valence-electron chi connectivity index (χ0n) is 8.25. The molecule has 1 saturated heterocycles. The SMILES string of the molecule is NCC1CCOC1c1cc(F)cc(Cl)c1. The van der Waals surface area contributed by atoms with Crippen LogP contribution in [0.3, 0.4) is 0 Å². The smallest absolute Gasteiger partial charge is 0.125 e. The van der Waals surface area contributed by atoms with E-state index in [1.54, 1.807) is 6.07 Å². The lowest BCUT2D eigenvalue weighted by atomic mass is 9.95.